The van der Waals surface area contributed by atoms with Gasteiger partial charge in [0.15, 0.2) is 0 Å². The lowest BCUT2D eigenvalue weighted by Crippen LogP contribution is -2.47. The molecule has 2 aliphatic carbocycles. The van der Waals surface area contributed by atoms with Gasteiger partial charge < -0.3 is 10.2 Å². The van der Waals surface area contributed by atoms with Crippen LogP contribution in [0.2, 0.25) is 0 Å². The molecule has 3 fully saturated rings. The molecule has 152 valence electrons. The molecular weight excluding hydrogens is 362 g/mol. The topological polar surface area (TPSA) is 49.4 Å². The number of nitrogens with zero attached hydrogens (tertiary/aromatic N) is 1. The zero-order chi connectivity index (χ0) is 19.8. The lowest BCUT2D eigenvalue weighted by molar-refractivity contribution is -0.127. The van der Waals surface area contributed by atoms with Gasteiger partial charge in [-0.1, -0.05) is 6.42 Å². The zero-order valence-electron chi connectivity index (χ0n) is 16.3. The third-order valence-electron chi connectivity index (χ3n) is 7.12. The molecule has 4 atom stereocenters. The molecule has 4 unspecified atom stereocenters. The molecule has 1 aromatic carbocycles. The van der Waals surface area contributed by atoms with E-state index in [0.717, 1.165) is 24.0 Å². The van der Waals surface area contributed by atoms with Gasteiger partial charge in [0.25, 0.3) is 5.91 Å². The number of rotatable bonds is 4. The third-order valence-corrected chi connectivity index (χ3v) is 7.12. The summed E-state index contributed by atoms with van der Waals surface area (Å²) in [4.78, 5) is 26.7. The Bertz CT molecular complexity index is 761. The van der Waals surface area contributed by atoms with E-state index < -0.39 is 17.5 Å². The smallest absolute Gasteiger partial charge is 0.256 e. The summed E-state index contributed by atoms with van der Waals surface area (Å²) in [5.41, 5.74) is -0.116. The number of hydrogen-bond donors (Lipinski definition) is 1. The number of halogens is 2. The molecule has 1 aromatic rings. The van der Waals surface area contributed by atoms with Crippen molar-refractivity contribution in [2.75, 3.05) is 13.1 Å². The monoisotopic (exact) mass is 390 g/mol. The first-order valence-corrected chi connectivity index (χ1v) is 10.5. The second-order valence-corrected chi connectivity index (χ2v) is 8.83. The van der Waals surface area contributed by atoms with Crippen molar-refractivity contribution in [1.82, 2.24) is 10.2 Å². The Morgan fingerprint density at radius 2 is 1.86 bits per heavy atom. The Morgan fingerprint density at radius 1 is 1.11 bits per heavy atom. The van der Waals surface area contributed by atoms with Crippen LogP contribution in [0.3, 0.4) is 0 Å². The van der Waals surface area contributed by atoms with Gasteiger partial charge in [-0.3, -0.25) is 9.59 Å². The summed E-state index contributed by atoms with van der Waals surface area (Å²) in [6, 6.07) is 3.21. The van der Waals surface area contributed by atoms with E-state index in [1.165, 1.54) is 31.7 Å². The van der Waals surface area contributed by atoms with E-state index in [2.05, 4.69) is 12.2 Å². The average Bonchev–Trinajstić information content (AvgIpc) is 3.31. The van der Waals surface area contributed by atoms with E-state index in [0.29, 0.717) is 31.8 Å². The minimum Gasteiger partial charge on any atom is -0.353 e. The number of benzene rings is 1. The van der Waals surface area contributed by atoms with Crippen LogP contribution in [0.15, 0.2) is 18.2 Å². The van der Waals surface area contributed by atoms with Gasteiger partial charge in [0.1, 0.15) is 11.6 Å². The molecule has 6 heteroatoms. The first-order valence-electron chi connectivity index (χ1n) is 10.5. The molecule has 0 aromatic heterocycles. The van der Waals surface area contributed by atoms with E-state index >= 15 is 0 Å². The van der Waals surface area contributed by atoms with E-state index in [1.807, 2.05) is 0 Å². The van der Waals surface area contributed by atoms with Gasteiger partial charge in [0.05, 0.1) is 5.56 Å². The minimum atomic E-state index is -0.843. The number of nitrogens with one attached hydrogen (secondary N) is 1. The lowest BCUT2D eigenvalue weighted by Gasteiger charge is -2.34. The van der Waals surface area contributed by atoms with Gasteiger partial charge in [-0.2, -0.15) is 0 Å². The van der Waals surface area contributed by atoms with Crippen molar-refractivity contribution in [3.8, 4) is 0 Å². The first kappa shape index (κ1) is 19.3. The molecule has 2 amide bonds. The van der Waals surface area contributed by atoms with Gasteiger partial charge in [0, 0.05) is 31.1 Å². The van der Waals surface area contributed by atoms with E-state index in [4.69, 9.17) is 0 Å². The third kappa shape index (κ3) is 3.78. The predicted molar refractivity (Wildman–Crippen MR) is 102 cm³/mol. The van der Waals surface area contributed by atoms with Gasteiger partial charge in [-0.05, 0) is 68.9 Å². The fourth-order valence-electron chi connectivity index (χ4n) is 5.53. The Labute approximate surface area is 164 Å². The second kappa shape index (κ2) is 7.80. The molecule has 3 aliphatic rings. The van der Waals surface area contributed by atoms with E-state index in [-0.39, 0.29) is 23.4 Å². The summed E-state index contributed by atoms with van der Waals surface area (Å²) < 4.78 is 26.9. The number of fused-ring (bicyclic) bond motifs is 2. The fourth-order valence-corrected chi connectivity index (χ4v) is 5.53. The first-order chi connectivity index (χ1) is 13.4. The number of hydrogen-bond acceptors (Lipinski definition) is 2. The summed E-state index contributed by atoms with van der Waals surface area (Å²) in [5.74, 6) is 0.218. The molecule has 2 saturated carbocycles. The summed E-state index contributed by atoms with van der Waals surface area (Å²) >= 11 is 0. The van der Waals surface area contributed by atoms with Crippen molar-refractivity contribution < 1.29 is 18.4 Å². The SMILES string of the molecule is CC(NC(=O)C1CCN(C(=O)c2ccc(F)cc2F)CC1)C1CC2CCC1C2. The quantitative estimate of drug-likeness (QED) is 0.851. The normalized spacial score (nSPS) is 28.4. The maximum absolute atomic E-state index is 13.9. The maximum Gasteiger partial charge on any atom is 0.256 e. The highest BCUT2D eigenvalue weighted by Gasteiger charge is 2.42. The Kier molecular flexibility index (Phi) is 5.39. The van der Waals surface area contributed by atoms with Crippen LogP contribution in [-0.2, 0) is 4.79 Å². The second-order valence-electron chi connectivity index (χ2n) is 8.83. The van der Waals surface area contributed by atoms with Crippen LogP contribution in [-0.4, -0.2) is 35.8 Å². The van der Waals surface area contributed by atoms with Crippen molar-refractivity contribution in [3.63, 3.8) is 0 Å². The predicted octanol–water partition coefficient (Wildman–Crippen LogP) is 3.76. The average molecular weight is 390 g/mol. The molecule has 1 saturated heterocycles. The summed E-state index contributed by atoms with van der Waals surface area (Å²) in [6.45, 7) is 2.95. The highest BCUT2D eigenvalue weighted by Crippen LogP contribution is 2.49. The zero-order valence-corrected chi connectivity index (χ0v) is 16.3. The molecule has 0 radical (unpaired) electrons. The molecule has 28 heavy (non-hydrogen) atoms. The molecule has 0 spiro atoms. The van der Waals surface area contributed by atoms with Crippen molar-refractivity contribution >= 4 is 11.8 Å². The molecule has 2 bridgehead atoms. The number of carbonyl (C=O) groups is 2. The van der Waals surface area contributed by atoms with Crippen molar-refractivity contribution in [1.29, 1.82) is 0 Å². The van der Waals surface area contributed by atoms with Crippen molar-refractivity contribution in [2.24, 2.45) is 23.7 Å². The van der Waals surface area contributed by atoms with Crippen LogP contribution in [0.1, 0.15) is 55.8 Å². The summed E-state index contributed by atoms with van der Waals surface area (Å²) in [7, 11) is 0. The van der Waals surface area contributed by atoms with Crippen LogP contribution < -0.4 is 5.32 Å². The van der Waals surface area contributed by atoms with Gasteiger partial charge >= 0.3 is 0 Å². The summed E-state index contributed by atoms with van der Waals surface area (Å²) in [5, 5.41) is 3.22. The molecule has 1 N–H and O–H groups in total. The highest BCUT2D eigenvalue weighted by atomic mass is 19.1. The highest BCUT2D eigenvalue weighted by molar-refractivity contribution is 5.94. The number of carbonyl (C=O) groups excluding carboxylic acids is 2. The lowest BCUT2D eigenvalue weighted by atomic mass is 9.83. The van der Waals surface area contributed by atoms with E-state index in [9.17, 15) is 18.4 Å². The summed E-state index contributed by atoms with van der Waals surface area (Å²) in [6.07, 6.45) is 6.36. The standard InChI is InChI=1S/C22H28F2N2O2/c1-13(19-11-14-2-3-16(19)10-14)25-21(27)15-6-8-26(9-7-15)22(28)18-5-4-17(23)12-20(18)24/h4-5,12-16,19H,2-3,6-11H2,1H3,(H,25,27). The largest absolute Gasteiger partial charge is 0.353 e. The number of piperidine rings is 1. The van der Waals surface area contributed by atoms with Gasteiger partial charge in [-0.25, -0.2) is 8.78 Å². The maximum atomic E-state index is 13.9. The van der Waals surface area contributed by atoms with Crippen molar-refractivity contribution in [2.45, 2.75) is 51.5 Å². The number of likely N-dealkylation sites (tertiary alicyclic amines) is 1. The van der Waals surface area contributed by atoms with Gasteiger partial charge in [0.2, 0.25) is 5.91 Å². The Balaban J connectivity index is 1.28. The Morgan fingerprint density at radius 3 is 2.46 bits per heavy atom. The molecule has 4 rings (SSSR count). The molecule has 4 nitrogen and oxygen atoms in total. The van der Waals surface area contributed by atoms with Crippen molar-refractivity contribution in [3.05, 3.63) is 35.4 Å². The fraction of sp³-hybridized carbons (Fsp3) is 0.636. The number of amides is 2. The van der Waals surface area contributed by atoms with Crippen LogP contribution >= 0.6 is 0 Å². The molecular formula is C22H28F2N2O2. The molecule has 1 heterocycles. The van der Waals surface area contributed by atoms with Crippen LogP contribution in [0.25, 0.3) is 0 Å². The van der Waals surface area contributed by atoms with Crippen LogP contribution in [0.4, 0.5) is 8.78 Å². The van der Waals surface area contributed by atoms with Crippen LogP contribution in [0.5, 0.6) is 0 Å². The minimum absolute atomic E-state index is 0.0790. The van der Waals surface area contributed by atoms with Crippen LogP contribution in [0, 0.1) is 35.3 Å². The Hall–Kier alpha value is -1.98. The van der Waals surface area contributed by atoms with Gasteiger partial charge in [-0.15, -0.1) is 0 Å². The van der Waals surface area contributed by atoms with E-state index in [1.54, 1.807) is 4.90 Å². The molecule has 1 aliphatic heterocycles.